The Labute approximate surface area is 147 Å². The van der Waals surface area contributed by atoms with Gasteiger partial charge in [0, 0.05) is 0 Å². The van der Waals surface area contributed by atoms with Crippen LogP contribution in [0.5, 0.6) is 23.0 Å². The summed E-state index contributed by atoms with van der Waals surface area (Å²) < 4.78 is 16.5. The van der Waals surface area contributed by atoms with Crippen molar-refractivity contribution in [1.82, 2.24) is 0 Å². The van der Waals surface area contributed by atoms with Crippen LogP contribution in [0.1, 0.15) is 5.56 Å². The Kier molecular flexibility index (Phi) is 5.09. The molecule has 0 unspecified atom stereocenters. The predicted octanol–water partition coefficient (Wildman–Crippen LogP) is 4.66. The van der Waals surface area contributed by atoms with Crippen molar-refractivity contribution in [2.75, 3.05) is 14.2 Å². The van der Waals surface area contributed by atoms with Gasteiger partial charge in [0.25, 0.3) is 0 Å². The quantitative estimate of drug-likeness (QED) is 0.711. The second-order valence-electron chi connectivity index (χ2n) is 5.53. The third-order valence-electron chi connectivity index (χ3n) is 3.91. The molecule has 1 N–H and O–H groups in total. The van der Waals surface area contributed by atoms with Crippen molar-refractivity contribution in [2.24, 2.45) is 0 Å². The Morgan fingerprint density at radius 1 is 0.720 bits per heavy atom. The van der Waals surface area contributed by atoms with E-state index in [0.29, 0.717) is 23.9 Å². The molecule has 0 aromatic heterocycles. The monoisotopic (exact) mass is 336 g/mol. The van der Waals surface area contributed by atoms with Gasteiger partial charge < -0.3 is 19.3 Å². The highest BCUT2D eigenvalue weighted by Gasteiger charge is 2.10. The van der Waals surface area contributed by atoms with Crippen molar-refractivity contribution in [3.05, 3.63) is 72.3 Å². The number of phenols is 1. The maximum absolute atomic E-state index is 9.74. The zero-order valence-electron chi connectivity index (χ0n) is 14.2. The van der Waals surface area contributed by atoms with E-state index in [1.54, 1.807) is 19.2 Å². The third kappa shape index (κ3) is 3.86. The van der Waals surface area contributed by atoms with Crippen LogP contribution in [0.4, 0.5) is 0 Å². The number of hydrogen-bond acceptors (Lipinski definition) is 4. The van der Waals surface area contributed by atoms with E-state index in [2.05, 4.69) is 0 Å². The third-order valence-corrected chi connectivity index (χ3v) is 3.91. The molecule has 0 aliphatic carbocycles. The minimum atomic E-state index is 0.112. The number of ether oxygens (including phenoxy) is 3. The second kappa shape index (κ2) is 7.62. The zero-order valence-corrected chi connectivity index (χ0v) is 14.2. The fraction of sp³-hybridized carbons (Fsp3) is 0.143. The van der Waals surface area contributed by atoms with Gasteiger partial charge in [0.15, 0.2) is 23.0 Å². The summed E-state index contributed by atoms with van der Waals surface area (Å²) >= 11 is 0. The molecule has 0 heterocycles. The van der Waals surface area contributed by atoms with Crippen LogP contribution in [-0.2, 0) is 6.61 Å². The molecule has 3 aromatic carbocycles. The van der Waals surface area contributed by atoms with Crippen molar-refractivity contribution in [3.63, 3.8) is 0 Å². The Morgan fingerprint density at radius 3 is 2.04 bits per heavy atom. The van der Waals surface area contributed by atoms with Gasteiger partial charge >= 0.3 is 0 Å². The average Bonchev–Trinajstić information content (AvgIpc) is 2.67. The average molecular weight is 336 g/mol. The molecule has 0 atom stereocenters. The van der Waals surface area contributed by atoms with Crippen LogP contribution in [0.15, 0.2) is 66.7 Å². The van der Waals surface area contributed by atoms with Crippen molar-refractivity contribution in [2.45, 2.75) is 6.61 Å². The van der Waals surface area contributed by atoms with E-state index in [4.69, 9.17) is 14.2 Å². The summed E-state index contributed by atoms with van der Waals surface area (Å²) in [7, 11) is 3.14. The van der Waals surface area contributed by atoms with Crippen LogP contribution in [0.25, 0.3) is 11.1 Å². The number of hydrogen-bond donors (Lipinski definition) is 1. The molecule has 0 spiro atoms. The lowest BCUT2D eigenvalue weighted by Crippen LogP contribution is -1.97. The highest BCUT2D eigenvalue weighted by molar-refractivity contribution is 5.70. The topological polar surface area (TPSA) is 47.9 Å². The van der Waals surface area contributed by atoms with E-state index in [1.165, 1.54) is 7.11 Å². The normalized spacial score (nSPS) is 10.3. The molecule has 0 aliphatic heterocycles. The van der Waals surface area contributed by atoms with Gasteiger partial charge in [-0.3, -0.25) is 0 Å². The number of aromatic hydroxyl groups is 1. The summed E-state index contributed by atoms with van der Waals surface area (Å²) in [6.07, 6.45) is 0. The molecule has 4 nitrogen and oxygen atoms in total. The molecule has 0 bridgehead atoms. The molecule has 0 aliphatic rings. The summed E-state index contributed by atoms with van der Waals surface area (Å²) in [5.74, 6) is 1.88. The number of rotatable bonds is 6. The van der Waals surface area contributed by atoms with Crippen molar-refractivity contribution < 1.29 is 19.3 Å². The standard InChI is InChI=1S/C21H20O4/c1-23-20-12-16(8-10-18(20)22)17-9-11-19(21(13-17)24-2)25-14-15-6-4-3-5-7-15/h3-13,22H,14H2,1-2H3. The minimum Gasteiger partial charge on any atom is -0.504 e. The van der Waals surface area contributed by atoms with Gasteiger partial charge in [-0.05, 0) is 41.0 Å². The molecule has 3 rings (SSSR count). The van der Waals surface area contributed by atoms with Crippen LogP contribution in [0.3, 0.4) is 0 Å². The van der Waals surface area contributed by atoms with Crippen molar-refractivity contribution in [1.29, 1.82) is 0 Å². The predicted molar refractivity (Wildman–Crippen MR) is 97.4 cm³/mol. The molecule has 0 radical (unpaired) electrons. The smallest absolute Gasteiger partial charge is 0.161 e. The van der Waals surface area contributed by atoms with Crippen LogP contribution < -0.4 is 14.2 Å². The lowest BCUT2D eigenvalue weighted by molar-refractivity contribution is 0.284. The maximum Gasteiger partial charge on any atom is 0.161 e. The van der Waals surface area contributed by atoms with Crippen LogP contribution >= 0.6 is 0 Å². The van der Waals surface area contributed by atoms with Gasteiger partial charge in [-0.2, -0.15) is 0 Å². The fourth-order valence-electron chi connectivity index (χ4n) is 2.56. The molecule has 25 heavy (non-hydrogen) atoms. The second-order valence-corrected chi connectivity index (χ2v) is 5.53. The molecule has 0 saturated carbocycles. The first-order valence-corrected chi connectivity index (χ1v) is 7.93. The summed E-state index contributed by atoms with van der Waals surface area (Å²) in [6.45, 7) is 0.476. The molecular weight excluding hydrogens is 316 g/mol. The van der Waals surface area contributed by atoms with Crippen molar-refractivity contribution in [3.8, 4) is 34.1 Å². The molecule has 128 valence electrons. The maximum atomic E-state index is 9.74. The minimum absolute atomic E-state index is 0.112. The van der Waals surface area contributed by atoms with Gasteiger partial charge in [-0.15, -0.1) is 0 Å². The lowest BCUT2D eigenvalue weighted by atomic mass is 10.0. The number of methoxy groups -OCH3 is 2. The first kappa shape index (κ1) is 16.7. The summed E-state index contributed by atoms with van der Waals surface area (Å²) in [5, 5.41) is 9.74. The highest BCUT2D eigenvalue weighted by atomic mass is 16.5. The largest absolute Gasteiger partial charge is 0.504 e. The van der Waals surface area contributed by atoms with Gasteiger partial charge in [0.05, 0.1) is 14.2 Å². The van der Waals surface area contributed by atoms with E-state index in [-0.39, 0.29) is 5.75 Å². The van der Waals surface area contributed by atoms with Crippen LogP contribution in [-0.4, -0.2) is 19.3 Å². The van der Waals surface area contributed by atoms with Crippen molar-refractivity contribution >= 4 is 0 Å². The summed E-state index contributed by atoms with van der Waals surface area (Å²) in [5.41, 5.74) is 2.96. The lowest BCUT2D eigenvalue weighted by Gasteiger charge is -2.13. The van der Waals surface area contributed by atoms with E-state index < -0.39 is 0 Å². The van der Waals surface area contributed by atoms with Gasteiger partial charge in [-0.25, -0.2) is 0 Å². The van der Waals surface area contributed by atoms with Crippen LogP contribution in [0, 0.1) is 0 Å². The first-order chi connectivity index (χ1) is 12.2. The Morgan fingerprint density at radius 2 is 1.36 bits per heavy atom. The summed E-state index contributed by atoms with van der Waals surface area (Å²) in [4.78, 5) is 0. The first-order valence-electron chi connectivity index (χ1n) is 7.93. The van der Waals surface area contributed by atoms with Gasteiger partial charge in [0.2, 0.25) is 0 Å². The molecule has 3 aromatic rings. The van der Waals surface area contributed by atoms with Gasteiger partial charge in [-0.1, -0.05) is 42.5 Å². The SMILES string of the molecule is COc1cc(-c2ccc(OCc3ccccc3)c(OC)c2)ccc1O. The molecule has 0 fully saturated rings. The highest BCUT2D eigenvalue weighted by Crippen LogP contribution is 2.36. The fourth-order valence-corrected chi connectivity index (χ4v) is 2.56. The Hall–Kier alpha value is -3.14. The number of benzene rings is 3. The Balaban J connectivity index is 1.84. The van der Waals surface area contributed by atoms with E-state index in [0.717, 1.165) is 16.7 Å². The number of phenolic OH excluding ortho intramolecular Hbond substituents is 1. The molecule has 4 heteroatoms. The molecule has 0 amide bonds. The molecule has 0 saturated heterocycles. The summed E-state index contributed by atoms with van der Waals surface area (Å²) in [6, 6.07) is 21.0. The van der Waals surface area contributed by atoms with E-state index >= 15 is 0 Å². The van der Waals surface area contributed by atoms with E-state index in [1.807, 2.05) is 54.6 Å². The zero-order chi connectivity index (χ0) is 17.6. The molecular formula is C21H20O4. The van der Waals surface area contributed by atoms with Gasteiger partial charge in [0.1, 0.15) is 6.61 Å². The van der Waals surface area contributed by atoms with E-state index in [9.17, 15) is 5.11 Å². The van der Waals surface area contributed by atoms with Crippen LogP contribution in [0.2, 0.25) is 0 Å². The Bertz CT molecular complexity index is 844.